The molecule has 1 amide bonds. The molecule has 1 unspecified atom stereocenters. The summed E-state index contributed by atoms with van der Waals surface area (Å²) < 4.78 is 0. The van der Waals surface area contributed by atoms with E-state index in [1.54, 1.807) is 0 Å². The fourth-order valence-corrected chi connectivity index (χ4v) is 5.04. The van der Waals surface area contributed by atoms with Crippen LogP contribution in [0.15, 0.2) is 115 Å². The van der Waals surface area contributed by atoms with E-state index in [1.165, 1.54) is 5.56 Å². The number of nitrogens with zero attached hydrogens (tertiary/aromatic N) is 1. The normalized spacial score (nSPS) is 17.4. The molecule has 0 spiro atoms. The van der Waals surface area contributed by atoms with Crippen LogP contribution < -0.4 is 0 Å². The van der Waals surface area contributed by atoms with Crippen molar-refractivity contribution in [2.45, 2.75) is 11.5 Å². The molecule has 1 aliphatic rings. The van der Waals surface area contributed by atoms with Gasteiger partial charge in [-0.15, -0.1) is 0 Å². The van der Waals surface area contributed by atoms with E-state index < -0.39 is 5.54 Å². The molecule has 0 N–H and O–H groups in total. The van der Waals surface area contributed by atoms with Crippen molar-refractivity contribution in [3.63, 3.8) is 0 Å². The lowest BCUT2D eigenvalue weighted by Gasteiger charge is -2.52. The Kier molecular flexibility index (Phi) is 4.48. The monoisotopic (exact) mass is 389 g/mol. The van der Waals surface area contributed by atoms with Gasteiger partial charge >= 0.3 is 0 Å². The summed E-state index contributed by atoms with van der Waals surface area (Å²) in [4.78, 5) is 15.6. The summed E-state index contributed by atoms with van der Waals surface area (Å²) in [5, 5.41) is 0. The number of amides is 1. The van der Waals surface area contributed by atoms with Gasteiger partial charge in [0, 0.05) is 18.5 Å². The zero-order valence-electron chi connectivity index (χ0n) is 16.9. The molecule has 0 aliphatic carbocycles. The minimum absolute atomic E-state index is 0.0394. The third-order valence-electron chi connectivity index (χ3n) is 6.31. The van der Waals surface area contributed by atoms with Crippen LogP contribution in [0.1, 0.15) is 38.5 Å². The van der Waals surface area contributed by atoms with E-state index in [4.69, 9.17) is 0 Å². The zero-order chi connectivity index (χ0) is 20.6. The summed E-state index contributed by atoms with van der Waals surface area (Å²) in [5.74, 6) is 0.00730. The van der Waals surface area contributed by atoms with Crippen molar-refractivity contribution < 1.29 is 4.79 Å². The quantitative estimate of drug-likeness (QED) is 0.430. The predicted octanol–water partition coefficient (Wildman–Crippen LogP) is 5.85. The Morgan fingerprint density at radius 2 is 1.10 bits per heavy atom. The van der Waals surface area contributed by atoms with E-state index in [0.717, 1.165) is 22.3 Å². The lowest BCUT2D eigenvalue weighted by atomic mass is 9.63. The summed E-state index contributed by atoms with van der Waals surface area (Å²) >= 11 is 0. The van der Waals surface area contributed by atoms with Gasteiger partial charge in [-0.05, 0) is 28.3 Å². The van der Waals surface area contributed by atoms with Gasteiger partial charge in [0.1, 0.15) is 5.54 Å². The molecular formula is C28H23NO. The molecule has 0 saturated carbocycles. The van der Waals surface area contributed by atoms with Gasteiger partial charge in [-0.1, -0.05) is 109 Å². The second-order valence-electron chi connectivity index (χ2n) is 7.79. The van der Waals surface area contributed by atoms with E-state index in [2.05, 4.69) is 78.9 Å². The van der Waals surface area contributed by atoms with E-state index in [9.17, 15) is 4.79 Å². The third kappa shape index (κ3) is 2.61. The number of carbonyl (C=O) groups is 1. The van der Waals surface area contributed by atoms with Gasteiger partial charge in [-0.2, -0.15) is 0 Å². The Morgan fingerprint density at radius 3 is 1.67 bits per heavy atom. The van der Waals surface area contributed by atoms with Crippen molar-refractivity contribution in [3.05, 3.63) is 143 Å². The van der Waals surface area contributed by atoms with Gasteiger partial charge < -0.3 is 4.90 Å². The van der Waals surface area contributed by atoms with Crippen LogP contribution in [-0.4, -0.2) is 17.9 Å². The van der Waals surface area contributed by atoms with Crippen LogP contribution in [0.4, 0.5) is 0 Å². The molecule has 0 saturated heterocycles. The van der Waals surface area contributed by atoms with Crippen molar-refractivity contribution in [1.29, 1.82) is 0 Å². The highest BCUT2D eigenvalue weighted by Crippen LogP contribution is 2.53. The van der Waals surface area contributed by atoms with E-state index in [0.29, 0.717) is 0 Å². The Hall–Kier alpha value is -3.65. The number of carbonyl (C=O) groups excluding carboxylic acids is 1. The highest BCUT2D eigenvalue weighted by molar-refractivity contribution is 5.99. The molecule has 5 rings (SSSR count). The van der Waals surface area contributed by atoms with Gasteiger partial charge in [0.2, 0.25) is 0 Å². The predicted molar refractivity (Wildman–Crippen MR) is 120 cm³/mol. The van der Waals surface area contributed by atoms with Crippen LogP contribution in [-0.2, 0) is 5.54 Å². The van der Waals surface area contributed by atoms with E-state index >= 15 is 0 Å². The van der Waals surface area contributed by atoms with E-state index in [1.807, 2.05) is 48.3 Å². The molecule has 1 aliphatic heterocycles. The Balaban J connectivity index is 1.93. The Labute approximate surface area is 177 Å². The lowest BCUT2D eigenvalue weighted by molar-refractivity contribution is 0.0551. The van der Waals surface area contributed by atoms with Crippen molar-refractivity contribution >= 4 is 5.91 Å². The highest BCUT2D eigenvalue weighted by atomic mass is 16.2. The SMILES string of the molecule is CN1C(=O)c2ccccc2C(c2ccccc2)C1(c1ccccc1)c1ccccc1. The molecule has 4 aromatic carbocycles. The lowest BCUT2D eigenvalue weighted by Crippen LogP contribution is -2.55. The van der Waals surface area contributed by atoms with Crippen LogP contribution in [0, 0.1) is 0 Å². The van der Waals surface area contributed by atoms with Gasteiger partial charge in [-0.25, -0.2) is 0 Å². The van der Waals surface area contributed by atoms with Crippen LogP contribution >= 0.6 is 0 Å². The third-order valence-corrected chi connectivity index (χ3v) is 6.31. The van der Waals surface area contributed by atoms with Crippen molar-refractivity contribution in [1.82, 2.24) is 4.90 Å². The zero-order valence-corrected chi connectivity index (χ0v) is 16.9. The molecule has 0 radical (unpaired) electrons. The topological polar surface area (TPSA) is 20.3 Å². The first-order chi connectivity index (χ1) is 14.7. The molecule has 1 atom stereocenters. The smallest absolute Gasteiger partial charge is 0.254 e. The average Bonchev–Trinajstić information content (AvgIpc) is 2.83. The van der Waals surface area contributed by atoms with Crippen LogP contribution in [0.3, 0.4) is 0 Å². The van der Waals surface area contributed by atoms with E-state index in [-0.39, 0.29) is 11.8 Å². The molecular weight excluding hydrogens is 366 g/mol. The van der Waals surface area contributed by atoms with Gasteiger partial charge in [0.25, 0.3) is 5.91 Å². The summed E-state index contributed by atoms with van der Waals surface area (Å²) in [6.07, 6.45) is 0. The minimum Gasteiger partial charge on any atom is -0.327 e. The molecule has 0 bridgehead atoms. The Morgan fingerprint density at radius 1 is 0.633 bits per heavy atom. The maximum atomic E-state index is 13.7. The molecule has 4 aromatic rings. The number of rotatable bonds is 3. The maximum absolute atomic E-state index is 13.7. The molecule has 146 valence electrons. The summed E-state index contributed by atoms with van der Waals surface area (Å²) in [7, 11) is 1.94. The summed E-state index contributed by atoms with van der Waals surface area (Å²) in [6, 6.07) is 39.4. The molecule has 2 heteroatoms. The first-order valence-electron chi connectivity index (χ1n) is 10.3. The van der Waals surface area contributed by atoms with Gasteiger partial charge in [0.05, 0.1) is 0 Å². The van der Waals surface area contributed by atoms with Gasteiger partial charge in [-0.3, -0.25) is 4.79 Å². The summed E-state index contributed by atoms with van der Waals surface area (Å²) in [5.41, 5.74) is 4.59. The first-order valence-corrected chi connectivity index (χ1v) is 10.3. The number of hydrogen-bond acceptors (Lipinski definition) is 1. The molecule has 1 heterocycles. The fraction of sp³-hybridized carbons (Fsp3) is 0.107. The van der Waals surface area contributed by atoms with Crippen LogP contribution in [0.25, 0.3) is 0 Å². The fourth-order valence-electron chi connectivity index (χ4n) is 5.04. The van der Waals surface area contributed by atoms with Crippen LogP contribution in [0.5, 0.6) is 0 Å². The van der Waals surface area contributed by atoms with Crippen molar-refractivity contribution in [2.75, 3.05) is 7.05 Å². The second-order valence-corrected chi connectivity index (χ2v) is 7.79. The number of hydrogen-bond donors (Lipinski definition) is 0. The summed E-state index contributed by atoms with van der Waals surface area (Å²) in [6.45, 7) is 0. The standard InChI is InChI=1S/C28H23NO/c1-29-27(30)25-20-12-11-19-24(25)26(21-13-5-2-6-14-21)28(29,22-15-7-3-8-16-22)23-17-9-4-10-18-23/h2-20,26H,1H3. The average molecular weight is 389 g/mol. The largest absolute Gasteiger partial charge is 0.327 e. The molecule has 30 heavy (non-hydrogen) atoms. The second kappa shape index (κ2) is 7.31. The Bertz CT molecular complexity index is 1130. The van der Waals surface area contributed by atoms with Crippen LogP contribution in [0.2, 0.25) is 0 Å². The highest BCUT2D eigenvalue weighted by Gasteiger charge is 2.52. The first kappa shape index (κ1) is 18.4. The van der Waals surface area contributed by atoms with Gasteiger partial charge in [0.15, 0.2) is 0 Å². The van der Waals surface area contributed by atoms with Crippen molar-refractivity contribution in [3.8, 4) is 0 Å². The molecule has 0 aromatic heterocycles. The minimum atomic E-state index is -0.657. The number of benzene rings is 4. The number of fused-ring (bicyclic) bond motifs is 1. The maximum Gasteiger partial charge on any atom is 0.254 e. The number of likely N-dealkylation sites (N-methyl/N-ethyl adjacent to an activating group) is 1. The molecule has 0 fully saturated rings. The molecule has 2 nitrogen and oxygen atoms in total. The van der Waals surface area contributed by atoms with Crippen molar-refractivity contribution in [2.24, 2.45) is 0 Å².